The Morgan fingerprint density at radius 1 is 1.38 bits per heavy atom. The topological polar surface area (TPSA) is 64.8 Å². The quantitative estimate of drug-likeness (QED) is 0.733. The van der Waals surface area contributed by atoms with Gasteiger partial charge in [-0.25, -0.2) is 18.4 Å². The van der Waals surface area contributed by atoms with Crippen LogP contribution in [0.2, 0.25) is 0 Å². The summed E-state index contributed by atoms with van der Waals surface area (Å²) < 4.78 is 64.7. The van der Waals surface area contributed by atoms with Crippen LogP contribution in [0, 0.1) is 0 Å². The molecule has 0 aromatic carbocycles. The maximum absolute atomic E-state index is 12.8. The lowest BCUT2D eigenvalue weighted by molar-refractivity contribution is -0.141. The van der Waals surface area contributed by atoms with Crippen LogP contribution in [-0.2, 0) is 23.1 Å². The van der Waals surface area contributed by atoms with Crippen LogP contribution in [0.1, 0.15) is 25.4 Å². The van der Waals surface area contributed by atoms with Crippen molar-refractivity contribution in [3.05, 3.63) is 53.5 Å². The minimum atomic E-state index is -4.59. The molecule has 140 valence electrons. The molecule has 0 radical (unpaired) electrons. The van der Waals surface area contributed by atoms with E-state index < -0.39 is 21.7 Å². The van der Waals surface area contributed by atoms with Crippen molar-refractivity contribution in [3.63, 3.8) is 0 Å². The van der Waals surface area contributed by atoms with Gasteiger partial charge in [-0.2, -0.15) is 13.2 Å². The maximum Gasteiger partial charge on any atom is 0.433 e. The first-order valence-electron chi connectivity index (χ1n) is 7.68. The monoisotopic (exact) mass is 385 g/mol. The Balaban J connectivity index is 2.64. The molecule has 26 heavy (non-hydrogen) atoms. The first-order valence-corrected chi connectivity index (χ1v) is 9.33. The van der Waals surface area contributed by atoms with Crippen molar-refractivity contribution in [1.29, 1.82) is 0 Å². The molecule has 5 nitrogen and oxygen atoms in total. The number of alkyl halides is 3. The van der Waals surface area contributed by atoms with Gasteiger partial charge in [-0.3, -0.25) is 0 Å². The van der Waals surface area contributed by atoms with E-state index in [9.17, 15) is 21.6 Å². The summed E-state index contributed by atoms with van der Waals surface area (Å²) in [5.41, 5.74) is -0.554. The Labute approximate surface area is 149 Å². The Hall–Kier alpha value is -2.42. The molecule has 0 aliphatic carbocycles. The summed E-state index contributed by atoms with van der Waals surface area (Å²) in [6.45, 7) is 7.04. The van der Waals surface area contributed by atoms with Gasteiger partial charge >= 0.3 is 6.18 Å². The van der Waals surface area contributed by atoms with Crippen molar-refractivity contribution in [2.45, 2.75) is 20.0 Å². The Morgan fingerprint density at radius 2 is 2.04 bits per heavy atom. The van der Waals surface area contributed by atoms with Crippen LogP contribution in [-0.4, -0.2) is 28.7 Å². The molecule has 9 heteroatoms. The fraction of sp³-hybridized carbons (Fsp3) is 0.294. The lowest BCUT2D eigenvalue weighted by atomic mass is 10.2. The van der Waals surface area contributed by atoms with Crippen LogP contribution in [0.15, 0.2) is 42.0 Å². The molecule has 2 aromatic rings. The van der Waals surface area contributed by atoms with E-state index in [0.29, 0.717) is 5.52 Å². The second-order valence-corrected chi connectivity index (χ2v) is 7.74. The van der Waals surface area contributed by atoms with Gasteiger partial charge in [-0.15, -0.1) is 0 Å². The highest BCUT2D eigenvalue weighted by molar-refractivity contribution is 7.95. The summed E-state index contributed by atoms with van der Waals surface area (Å²) >= 11 is 0. The lowest BCUT2D eigenvalue weighted by Crippen LogP contribution is -2.10. The van der Waals surface area contributed by atoms with Crippen LogP contribution in [0.5, 0.6) is 0 Å². The molecule has 0 fully saturated rings. The Kier molecular flexibility index (Phi) is 5.41. The first-order chi connectivity index (χ1) is 12.0. The number of pyridine rings is 1. The number of imidazole rings is 1. The normalized spacial score (nSPS) is 13.7. The van der Waals surface area contributed by atoms with Crippen molar-refractivity contribution in [2.24, 2.45) is 7.05 Å². The van der Waals surface area contributed by atoms with Gasteiger partial charge in [0.25, 0.3) is 0 Å². The number of hydrogen-bond acceptors (Lipinski definition) is 4. The molecule has 2 heterocycles. The summed E-state index contributed by atoms with van der Waals surface area (Å²) in [6.07, 6.45) is 1.09. The molecule has 0 saturated carbocycles. The molecule has 0 atom stereocenters. The Morgan fingerprint density at radius 3 is 2.58 bits per heavy atom. The minimum absolute atomic E-state index is 0.0273. The van der Waals surface area contributed by atoms with Crippen molar-refractivity contribution >= 4 is 26.4 Å². The highest BCUT2D eigenvalue weighted by Gasteiger charge is 2.33. The van der Waals surface area contributed by atoms with E-state index in [0.717, 1.165) is 12.3 Å². The number of aromatic nitrogens is 3. The molecule has 0 unspecified atom stereocenters. The van der Waals surface area contributed by atoms with E-state index in [1.165, 1.54) is 17.6 Å². The van der Waals surface area contributed by atoms with Crippen molar-refractivity contribution in [1.82, 2.24) is 14.5 Å². The van der Waals surface area contributed by atoms with E-state index in [-0.39, 0.29) is 27.6 Å². The molecule has 0 saturated heterocycles. The van der Waals surface area contributed by atoms with Gasteiger partial charge in [0.1, 0.15) is 11.5 Å². The predicted octanol–water partition coefficient (Wildman–Crippen LogP) is 3.90. The second-order valence-electron chi connectivity index (χ2n) is 5.49. The average molecular weight is 385 g/mol. The Bertz CT molecular complexity index is 1020. The number of sulfone groups is 1. The van der Waals surface area contributed by atoms with E-state index in [1.54, 1.807) is 26.1 Å². The number of allylic oxidation sites excluding steroid dienone is 4. The minimum Gasteiger partial charge on any atom is -0.326 e. The summed E-state index contributed by atoms with van der Waals surface area (Å²) in [7, 11) is -2.04. The molecule has 0 aliphatic heterocycles. The van der Waals surface area contributed by atoms with Crippen molar-refractivity contribution in [2.75, 3.05) is 5.75 Å². The number of fused-ring (bicyclic) bond motifs is 1. The zero-order valence-corrected chi connectivity index (χ0v) is 15.3. The maximum atomic E-state index is 12.8. The van der Waals surface area contributed by atoms with Gasteiger partial charge in [0.2, 0.25) is 0 Å². The van der Waals surface area contributed by atoms with E-state index in [1.807, 2.05) is 0 Å². The van der Waals surface area contributed by atoms with Gasteiger partial charge < -0.3 is 4.57 Å². The van der Waals surface area contributed by atoms with Gasteiger partial charge in [0.15, 0.2) is 9.84 Å². The zero-order chi connectivity index (χ0) is 19.7. The van der Waals surface area contributed by atoms with Gasteiger partial charge in [0.05, 0.1) is 27.9 Å². The predicted molar refractivity (Wildman–Crippen MR) is 94.9 cm³/mol. The number of nitrogens with zero attached hydrogens (tertiary/aromatic N) is 3. The number of hydrogen-bond donors (Lipinski definition) is 0. The van der Waals surface area contributed by atoms with Gasteiger partial charge in [-0.1, -0.05) is 25.7 Å². The molecule has 0 bridgehead atoms. The summed E-state index contributed by atoms with van der Waals surface area (Å²) in [5.74, 6) is 0.0213. The molecule has 0 aliphatic rings. The van der Waals surface area contributed by atoms with Crippen LogP contribution in [0.4, 0.5) is 13.2 Å². The molecule has 0 spiro atoms. The van der Waals surface area contributed by atoms with Crippen molar-refractivity contribution < 1.29 is 21.6 Å². The SMILES string of the molecule is C=C(/C(=C\C=C/C)S(=O)(=O)CC)c1nc2cc(C(F)(F)F)ncc2n1C. The van der Waals surface area contributed by atoms with E-state index in [4.69, 9.17) is 0 Å². The molecule has 2 rings (SSSR count). The average Bonchev–Trinajstić information content (AvgIpc) is 2.90. The molecule has 0 amide bonds. The number of aryl methyl sites for hydroxylation is 1. The fourth-order valence-corrected chi connectivity index (χ4v) is 3.42. The first kappa shape index (κ1) is 19.9. The molecular weight excluding hydrogens is 367 g/mol. The standard InChI is InChI=1S/C17H18F3N3O2S/c1-5-7-8-14(26(24,25)6-2)11(3)16-22-12-9-15(17(18,19)20)21-10-13(12)23(16)4/h5,7-10H,3,6H2,1-2,4H3/b7-5-,14-8+. The molecular formula is C17H18F3N3O2S. The summed E-state index contributed by atoms with van der Waals surface area (Å²) in [6, 6.07) is 0.829. The third-order valence-electron chi connectivity index (χ3n) is 3.78. The highest BCUT2D eigenvalue weighted by Crippen LogP contribution is 2.32. The second kappa shape index (κ2) is 7.06. The largest absolute Gasteiger partial charge is 0.433 e. The third kappa shape index (κ3) is 3.72. The fourth-order valence-electron chi connectivity index (χ4n) is 2.35. The number of rotatable bonds is 5. The third-order valence-corrected chi connectivity index (χ3v) is 5.59. The van der Waals surface area contributed by atoms with Crippen LogP contribution < -0.4 is 0 Å². The molecule has 0 N–H and O–H groups in total. The highest BCUT2D eigenvalue weighted by atomic mass is 32.2. The van der Waals surface area contributed by atoms with Crippen molar-refractivity contribution in [3.8, 4) is 0 Å². The lowest BCUT2D eigenvalue weighted by Gasteiger charge is -2.10. The zero-order valence-electron chi connectivity index (χ0n) is 14.5. The van der Waals surface area contributed by atoms with Gasteiger partial charge in [0, 0.05) is 12.6 Å². The summed E-state index contributed by atoms with van der Waals surface area (Å²) in [5, 5.41) is 0. The van der Waals surface area contributed by atoms with E-state index in [2.05, 4.69) is 16.5 Å². The smallest absolute Gasteiger partial charge is 0.326 e. The molecule has 2 aromatic heterocycles. The van der Waals surface area contributed by atoms with Gasteiger partial charge in [-0.05, 0) is 19.1 Å². The number of halogens is 3. The van der Waals surface area contributed by atoms with Crippen LogP contribution in [0.25, 0.3) is 16.6 Å². The summed E-state index contributed by atoms with van der Waals surface area (Å²) in [4.78, 5) is 7.54. The van der Waals surface area contributed by atoms with Crippen LogP contribution >= 0.6 is 0 Å². The van der Waals surface area contributed by atoms with E-state index >= 15 is 0 Å². The van der Waals surface area contributed by atoms with Crippen LogP contribution in [0.3, 0.4) is 0 Å².